The van der Waals surface area contributed by atoms with E-state index >= 15 is 0 Å². The molecular weight excluding hydrogens is 253 g/mol. The lowest BCUT2D eigenvalue weighted by Gasteiger charge is -2.32. The average Bonchev–Trinajstić information content (AvgIpc) is 2.34. The molecule has 2 nitrogen and oxygen atoms in total. The minimum atomic E-state index is -4.20. The van der Waals surface area contributed by atoms with Crippen LogP contribution in [-0.4, -0.2) is 30.2 Å². The monoisotopic (exact) mass is 274 g/mol. The summed E-state index contributed by atoms with van der Waals surface area (Å²) in [5.74, 6) is 0. The molecule has 0 heterocycles. The fourth-order valence-corrected chi connectivity index (χ4v) is 2.07. The zero-order valence-electron chi connectivity index (χ0n) is 11.5. The molecule has 1 aromatic carbocycles. The van der Waals surface area contributed by atoms with Crippen LogP contribution in [0.1, 0.15) is 31.0 Å². The molecule has 0 spiro atoms. The van der Waals surface area contributed by atoms with Gasteiger partial charge in [0.05, 0.1) is 6.54 Å². The van der Waals surface area contributed by atoms with E-state index in [-0.39, 0.29) is 6.04 Å². The van der Waals surface area contributed by atoms with Gasteiger partial charge in [-0.2, -0.15) is 13.2 Å². The highest BCUT2D eigenvalue weighted by Gasteiger charge is 2.33. The molecule has 0 fully saturated rings. The number of hydrogen-bond acceptors (Lipinski definition) is 2. The first kappa shape index (κ1) is 16.0. The van der Waals surface area contributed by atoms with Crippen LogP contribution < -0.4 is 5.73 Å². The van der Waals surface area contributed by atoms with Crippen LogP contribution in [0, 0.1) is 6.92 Å². The largest absolute Gasteiger partial charge is 0.401 e. The van der Waals surface area contributed by atoms with Crippen molar-refractivity contribution in [3.05, 3.63) is 35.4 Å². The molecule has 0 saturated carbocycles. The first-order valence-corrected chi connectivity index (χ1v) is 6.37. The highest BCUT2D eigenvalue weighted by atomic mass is 19.4. The van der Waals surface area contributed by atoms with Gasteiger partial charge in [-0.1, -0.05) is 36.8 Å². The maximum Gasteiger partial charge on any atom is 0.401 e. The minimum Gasteiger partial charge on any atom is -0.323 e. The van der Waals surface area contributed by atoms with Crippen molar-refractivity contribution in [2.75, 3.05) is 13.1 Å². The molecule has 0 aliphatic heterocycles. The van der Waals surface area contributed by atoms with Gasteiger partial charge >= 0.3 is 6.18 Å². The van der Waals surface area contributed by atoms with E-state index in [0.29, 0.717) is 6.54 Å². The number of alkyl halides is 3. The van der Waals surface area contributed by atoms with Crippen LogP contribution in [0.15, 0.2) is 24.3 Å². The maximum absolute atomic E-state index is 12.5. The molecule has 0 radical (unpaired) electrons. The molecule has 1 rings (SSSR count). The van der Waals surface area contributed by atoms with Crippen LogP contribution in [-0.2, 0) is 0 Å². The number of hydrogen-bond donors (Lipinski definition) is 1. The van der Waals surface area contributed by atoms with Crippen molar-refractivity contribution in [3.8, 4) is 0 Å². The number of nitrogens with two attached hydrogens (primary N) is 1. The summed E-state index contributed by atoms with van der Waals surface area (Å²) in [5.41, 5.74) is 8.04. The summed E-state index contributed by atoms with van der Waals surface area (Å²) in [6.45, 7) is 4.80. The van der Waals surface area contributed by atoms with Gasteiger partial charge in [-0.05, 0) is 26.0 Å². The van der Waals surface area contributed by atoms with E-state index in [9.17, 15) is 13.2 Å². The quantitative estimate of drug-likeness (QED) is 0.893. The molecule has 0 aliphatic rings. The normalized spacial score (nSPS) is 15.6. The van der Waals surface area contributed by atoms with Crippen molar-refractivity contribution >= 4 is 0 Å². The summed E-state index contributed by atoms with van der Waals surface area (Å²) < 4.78 is 37.5. The molecular formula is C14H21F3N2. The van der Waals surface area contributed by atoms with E-state index < -0.39 is 18.8 Å². The third-order valence-corrected chi connectivity index (χ3v) is 3.35. The van der Waals surface area contributed by atoms with Crippen molar-refractivity contribution in [2.45, 2.75) is 39.0 Å². The molecule has 2 N–H and O–H groups in total. The van der Waals surface area contributed by atoms with Gasteiger partial charge in [-0.25, -0.2) is 0 Å². The lowest BCUT2D eigenvalue weighted by molar-refractivity contribution is -0.150. The van der Waals surface area contributed by atoms with Gasteiger partial charge in [0.1, 0.15) is 0 Å². The molecule has 5 heteroatoms. The molecule has 19 heavy (non-hydrogen) atoms. The lowest BCUT2D eigenvalue weighted by atomic mass is 9.99. The molecule has 1 aromatic rings. The fourth-order valence-electron chi connectivity index (χ4n) is 2.07. The molecule has 0 bridgehead atoms. The Morgan fingerprint density at radius 3 is 2.16 bits per heavy atom. The van der Waals surface area contributed by atoms with Gasteiger partial charge in [-0.15, -0.1) is 0 Å². The van der Waals surface area contributed by atoms with Crippen LogP contribution in [0.3, 0.4) is 0 Å². The predicted molar refractivity (Wildman–Crippen MR) is 70.9 cm³/mol. The third-order valence-electron chi connectivity index (χ3n) is 3.35. The molecule has 0 aromatic heterocycles. The number of aryl methyl sites for hydroxylation is 1. The molecule has 2 unspecified atom stereocenters. The molecule has 0 amide bonds. The van der Waals surface area contributed by atoms with E-state index in [0.717, 1.165) is 11.1 Å². The van der Waals surface area contributed by atoms with Gasteiger partial charge in [-0.3, -0.25) is 4.90 Å². The van der Waals surface area contributed by atoms with Crippen LogP contribution in [0.4, 0.5) is 13.2 Å². The van der Waals surface area contributed by atoms with Gasteiger partial charge in [0.15, 0.2) is 0 Å². The summed E-state index contributed by atoms with van der Waals surface area (Å²) in [7, 11) is 0. The van der Waals surface area contributed by atoms with E-state index in [1.807, 2.05) is 31.2 Å². The van der Waals surface area contributed by atoms with E-state index in [4.69, 9.17) is 5.73 Å². The maximum atomic E-state index is 12.5. The zero-order valence-corrected chi connectivity index (χ0v) is 11.5. The number of rotatable bonds is 5. The number of likely N-dealkylation sites (N-methyl/N-ethyl adjacent to an activating group) is 1. The van der Waals surface area contributed by atoms with Crippen molar-refractivity contribution in [1.29, 1.82) is 0 Å². The predicted octanol–water partition coefficient (Wildman–Crippen LogP) is 3.27. The SMILES string of the molecule is CCN(CC(F)(F)F)C(C)C(N)c1ccc(C)cc1. The Balaban J connectivity index is 2.79. The highest BCUT2D eigenvalue weighted by Crippen LogP contribution is 2.23. The second-order valence-electron chi connectivity index (χ2n) is 4.86. The summed E-state index contributed by atoms with van der Waals surface area (Å²) >= 11 is 0. The lowest BCUT2D eigenvalue weighted by Crippen LogP contribution is -2.45. The zero-order chi connectivity index (χ0) is 14.6. The van der Waals surface area contributed by atoms with Gasteiger partial charge in [0.25, 0.3) is 0 Å². The van der Waals surface area contributed by atoms with E-state index in [2.05, 4.69) is 0 Å². The first-order chi connectivity index (χ1) is 8.74. The van der Waals surface area contributed by atoms with Crippen molar-refractivity contribution in [3.63, 3.8) is 0 Å². The second kappa shape index (κ2) is 6.39. The van der Waals surface area contributed by atoms with Crippen molar-refractivity contribution in [2.24, 2.45) is 5.73 Å². The van der Waals surface area contributed by atoms with Crippen molar-refractivity contribution < 1.29 is 13.2 Å². The summed E-state index contributed by atoms with van der Waals surface area (Å²) in [6, 6.07) is 6.79. The second-order valence-corrected chi connectivity index (χ2v) is 4.86. The molecule has 2 atom stereocenters. The van der Waals surface area contributed by atoms with Crippen molar-refractivity contribution in [1.82, 2.24) is 4.90 Å². The summed E-state index contributed by atoms with van der Waals surface area (Å²) in [5, 5.41) is 0. The first-order valence-electron chi connectivity index (χ1n) is 6.37. The Morgan fingerprint density at radius 2 is 1.74 bits per heavy atom. The Morgan fingerprint density at radius 1 is 1.21 bits per heavy atom. The average molecular weight is 274 g/mol. The Kier molecular flexibility index (Phi) is 5.38. The smallest absolute Gasteiger partial charge is 0.323 e. The summed E-state index contributed by atoms with van der Waals surface area (Å²) in [6.07, 6.45) is -4.20. The topological polar surface area (TPSA) is 29.3 Å². The van der Waals surface area contributed by atoms with E-state index in [1.54, 1.807) is 13.8 Å². The third kappa shape index (κ3) is 4.84. The fraction of sp³-hybridized carbons (Fsp3) is 0.571. The van der Waals surface area contributed by atoms with Crippen LogP contribution >= 0.6 is 0 Å². The minimum absolute atomic E-state index is 0.320. The van der Waals surface area contributed by atoms with E-state index in [1.165, 1.54) is 4.90 Å². The van der Waals surface area contributed by atoms with Crippen LogP contribution in [0.25, 0.3) is 0 Å². The Bertz CT molecular complexity index is 387. The molecule has 0 saturated heterocycles. The highest BCUT2D eigenvalue weighted by molar-refractivity contribution is 5.24. The number of benzene rings is 1. The molecule has 108 valence electrons. The van der Waals surface area contributed by atoms with Gasteiger partial charge < -0.3 is 5.73 Å². The number of halogens is 3. The van der Waals surface area contributed by atoms with Gasteiger partial charge in [0.2, 0.25) is 0 Å². The Hall–Kier alpha value is -1.07. The van der Waals surface area contributed by atoms with Crippen LogP contribution in [0.2, 0.25) is 0 Å². The number of nitrogens with zero attached hydrogens (tertiary/aromatic N) is 1. The molecule has 0 aliphatic carbocycles. The standard InChI is InChI=1S/C14H21F3N2/c1-4-19(9-14(15,16)17)11(3)13(18)12-7-5-10(2)6-8-12/h5-8,11,13H,4,9,18H2,1-3H3. The van der Waals surface area contributed by atoms with Crippen LogP contribution in [0.5, 0.6) is 0 Å². The van der Waals surface area contributed by atoms with Gasteiger partial charge in [0, 0.05) is 12.1 Å². The summed E-state index contributed by atoms with van der Waals surface area (Å²) in [4.78, 5) is 1.35. The Labute approximate surface area is 112 Å².